The van der Waals surface area contributed by atoms with Crippen molar-refractivity contribution in [1.29, 1.82) is 0 Å². The van der Waals surface area contributed by atoms with Gasteiger partial charge in [-0.05, 0) is 23.8 Å². The van der Waals surface area contributed by atoms with Crippen LogP contribution in [0.25, 0.3) is 10.9 Å². The van der Waals surface area contributed by atoms with Gasteiger partial charge in [0.15, 0.2) is 0 Å². The zero-order chi connectivity index (χ0) is 14.8. The monoisotopic (exact) mass is 318 g/mol. The topological polar surface area (TPSA) is 17.8 Å². The molecule has 0 aliphatic rings. The average molecular weight is 319 g/mol. The number of hydrogen-bond acceptors (Lipinski definition) is 1. The number of alkyl halides is 1. The van der Waals surface area contributed by atoms with Crippen LogP contribution < -0.4 is 0 Å². The summed E-state index contributed by atoms with van der Waals surface area (Å²) < 4.78 is 1.93. The van der Waals surface area contributed by atoms with Crippen LogP contribution in [0.4, 0.5) is 0 Å². The molecule has 0 N–H and O–H groups in total. The molecule has 3 aromatic rings. The second-order valence-corrected chi connectivity index (χ2v) is 5.94. The summed E-state index contributed by atoms with van der Waals surface area (Å²) in [6.45, 7) is 0. The number of rotatable bonds is 4. The van der Waals surface area contributed by atoms with E-state index < -0.39 is 0 Å². The van der Waals surface area contributed by atoms with Crippen molar-refractivity contribution < 1.29 is 0 Å². The second kappa shape index (κ2) is 6.08. The molecule has 2 nitrogen and oxygen atoms in total. The Bertz CT molecular complexity index is 747. The van der Waals surface area contributed by atoms with Crippen LogP contribution in [-0.2, 0) is 13.5 Å². The van der Waals surface area contributed by atoms with Gasteiger partial charge < -0.3 is 0 Å². The number of aryl methyl sites for hydroxylation is 1. The van der Waals surface area contributed by atoms with E-state index in [-0.39, 0.29) is 5.92 Å². The standard InChI is InChI=1S/C17H16Cl2N2/c1-21-17-5-3-2-4-15(17)16(20-21)10-13(11-18)12-6-8-14(19)9-7-12/h2-9,13H,10-11H2,1H3. The lowest BCUT2D eigenvalue weighted by molar-refractivity contribution is 0.708. The quantitative estimate of drug-likeness (QED) is 0.632. The van der Waals surface area contributed by atoms with Crippen LogP contribution in [0.2, 0.25) is 5.02 Å². The number of para-hydroxylation sites is 1. The number of halogens is 2. The number of fused-ring (bicyclic) bond motifs is 1. The molecule has 0 spiro atoms. The molecule has 0 saturated heterocycles. The summed E-state index contributed by atoms with van der Waals surface area (Å²) in [5, 5.41) is 6.60. The van der Waals surface area contributed by atoms with Crippen LogP contribution in [-0.4, -0.2) is 15.7 Å². The summed E-state index contributed by atoms with van der Waals surface area (Å²) in [4.78, 5) is 0. The van der Waals surface area contributed by atoms with Gasteiger partial charge in [-0.25, -0.2) is 0 Å². The largest absolute Gasteiger partial charge is 0.268 e. The van der Waals surface area contributed by atoms with Crippen LogP contribution in [0.15, 0.2) is 48.5 Å². The van der Waals surface area contributed by atoms with Crippen molar-refractivity contribution in [3.8, 4) is 0 Å². The van der Waals surface area contributed by atoms with Crippen LogP contribution in [0.3, 0.4) is 0 Å². The van der Waals surface area contributed by atoms with Crippen molar-refractivity contribution >= 4 is 34.1 Å². The Hall–Kier alpha value is -1.51. The third-order valence-corrected chi connectivity index (χ3v) is 4.43. The Morgan fingerprint density at radius 1 is 1.10 bits per heavy atom. The van der Waals surface area contributed by atoms with Gasteiger partial charge in [-0.2, -0.15) is 5.10 Å². The lowest BCUT2D eigenvalue weighted by atomic mass is 9.95. The van der Waals surface area contributed by atoms with E-state index in [2.05, 4.69) is 17.2 Å². The molecule has 0 bridgehead atoms. The van der Waals surface area contributed by atoms with E-state index in [0.29, 0.717) is 5.88 Å². The molecule has 0 aliphatic carbocycles. The zero-order valence-corrected chi connectivity index (χ0v) is 13.3. The molecule has 2 aromatic carbocycles. The van der Waals surface area contributed by atoms with E-state index in [1.54, 1.807) is 0 Å². The van der Waals surface area contributed by atoms with Crippen molar-refractivity contribution in [2.45, 2.75) is 12.3 Å². The maximum absolute atomic E-state index is 6.18. The van der Waals surface area contributed by atoms with Crippen molar-refractivity contribution in [2.75, 3.05) is 5.88 Å². The summed E-state index contributed by atoms with van der Waals surface area (Å²) in [7, 11) is 1.98. The molecule has 1 unspecified atom stereocenters. The highest BCUT2D eigenvalue weighted by Crippen LogP contribution is 2.27. The molecule has 4 heteroatoms. The first-order chi connectivity index (χ1) is 10.2. The molecule has 21 heavy (non-hydrogen) atoms. The molecule has 0 radical (unpaired) electrons. The number of hydrogen-bond donors (Lipinski definition) is 0. The minimum Gasteiger partial charge on any atom is -0.268 e. The fourth-order valence-corrected chi connectivity index (χ4v) is 3.08. The first kappa shape index (κ1) is 14.4. The smallest absolute Gasteiger partial charge is 0.0709 e. The Labute approximate surface area is 134 Å². The third-order valence-electron chi connectivity index (χ3n) is 3.80. The van der Waals surface area contributed by atoms with E-state index >= 15 is 0 Å². The summed E-state index contributed by atoms with van der Waals surface area (Å²) in [6.07, 6.45) is 0.826. The van der Waals surface area contributed by atoms with Crippen molar-refractivity contribution in [2.24, 2.45) is 7.05 Å². The fourth-order valence-electron chi connectivity index (χ4n) is 2.67. The first-order valence-corrected chi connectivity index (χ1v) is 7.82. The van der Waals surface area contributed by atoms with E-state index in [0.717, 1.165) is 22.7 Å². The Morgan fingerprint density at radius 2 is 1.81 bits per heavy atom. The summed E-state index contributed by atoms with van der Waals surface area (Å²) in [5.74, 6) is 0.800. The molecule has 0 amide bonds. The third kappa shape index (κ3) is 2.92. The Kier molecular flexibility index (Phi) is 4.18. The van der Waals surface area contributed by atoms with Gasteiger partial charge in [0, 0.05) is 35.7 Å². The van der Waals surface area contributed by atoms with Gasteiger partial charge in [-0.3, -0.25) is 4.68 Å². The Balaban J connectivity index is 1.94. The maximum Gasteiger partial charge on any atom is 0.0709 e. The number of nitrogens with zero attached hydrogens (tertiary/aromatic N) is 2. The van der Waals surface area contributed by atoms with Gasteiger partial charge in [0.25, 0.3) is 0 Å². The minimum absolute atomic E-state index is 0.238. The predicted molar refractivity (Wildman–Crippen MR) is 89.3 cm³/mol. The molecule has 0 fully saturated rings. The number of aromatic nitrogens is 2. The van der Waals surface area contributed by atoms with Gasteiger partial charge in [-0.15, -0.1) is 11.6 Å². The van der Waals surface area contributed by atoms with Gasteiger partial charge in [0.05, 0.1) is 11.2 Å². The predicted octanol–water partition coefficient (Wildman–Crippen LogP) is 4.79. The average Bonchev–Trinajstić information content (AvgIpc) is 2.83. The summed E-state index contributed by atoms with van der Waals surface area (Å²) in [5.41, 5.74) is 3.44. The van der Waals surface area contributed by atoms with Crippen molar-refractivity contribution in [3.05, 3.63) is 64.8 Å². The molecule has 1 aromatic heterocycles. The highest BCUT2D eigenvalue weighted by Gasteiger charge is 2.16. The second-order valence-electron chi connectivity index (χ2n) is 5.19. The lowest BCUT2D eigenvalue weighted by Gasteiger charge is -2.13. The molecule has 0 aliphatic heterocycles. The summed E-state index contributed by atoms with van der Waals surface area (Å²) >= 11 is 12.1. The minimum atomic E-state index is 0.238. The van der Waals surface area contributed by atoms with Crippen LogP contribution in [0, 0.1) is 0 Å². The van der Waals surface area contributed by atoms with E-state index in [1.807, 2.05) is 48.1 Å². The van der Waals surface area contributed by atoms with Gasteiger partial charge in [-0.1, -0.05) is 41.9 Å². The summed E-state index contributed by atoms with van der Waals surface area (Å²) in [6, 6.07) is 16.2. The van der Waals surface area contributed by atoms with Gasteiger partial charge in [0.1, 0.15) is 0 Å². The van der Waals surface area contributed by atoms with E-state index in [9.17, 15) is 0 Å². The van der Waals surface area contributed by atoms with E-state index in [1.165, 1.54) is 10.9 Å². The maximum atomic E-state index is 6.18. The first-order valence-electron chi connectivity index (χ1n) is 6.91. The SMILES string of the molecule is Cn1nc(CC(CCl)c2ccc(Cl)cc2)c2ccccc21. The normalized spacial score (nSPS) is 12.7. The van der Waals surface area contributed by atoms with Crippen LogP contribution >= 0.6 is 23.2 Å². The fraction of sp³-hybridized carbons (Fsp3) is 0.235. The molecule has 3 rings (SSSR count). The van der Waals surface area contributed by atoms with Crippen molar-refractivity contribution in [3.63, 3.8) is 0 Å². The zero-order valence-electron chi connectivity index (χ0n) is 11.8. The molecular formula is C17H16Cl2N2. The molecule has 1 atom stereocenters. The molecule has 1 heterocycles. The lowest BCUT2D eigenvalue weighted by Crippen LogP contribution is -2.06. The van der Waals surface area contributed by atoms with Crippen LogP contribution in [0.1, 0.15) is 17.2 Å². The van der Waals surface area contributed by atoms with Gasteiger partial charge in [0.2, 0.25) is 0 Å². The molecule has 0 saturated carbocycles. The van der Waals surface area contributed by atoms with Crippen LogP contribution in [0.5, 0.6) is 0 Å². The number of benzene rings is 2. The highest BCUT2D eigenvalue weighted by molar-refractivity contribution is 6.30. The Morgan fingerprint density at radius 3 is 2.52 bits per heavy atom. The highest BCUT2D eigenvalue weighted by atomic mass is 35.5. The van der Waals surface area contributed by atoms with E-state index in [4.69, 9.17) is 23.2 Å². The van der Waals surface area contributed by atoms with Crippen molar-refractivity contribution in [1.82, 2.24) is 9.78 Å². The molecular weight excluding hydrogens is 303 g/mol. The van der Waals surface area contributed by atoms with Gasteiger partial charge >= 0.3 is 0 Å². The molecule has 108 valence electrons.